The summed E-state index contributed by atoms with van der Waals surface area (Å²) in [7, 11) is -3.74. The lowest BCUT2D eigenvalue weighted by molar-refractivity contribution is -0.119. The van der Waals surface area contributed by atoms with Crippen LogP contribution < -0.4 is 10.5 Å². The first-order valence-corrected chi connectivity index (χ1v) is 10.6. The second-order valence-electron chi connectivity index (χ2n) is 6.77. The summed E-state index contributed by atoms with van der Waals surface area (Å²) in [6.07, 6.45) is 2.02. The maximum atomic E-state index is 12.8. The number of para-hydroxylation sites is 1. The van der Waals surface area contributed by atoms with Gasteiger partial charge in [-0.15, -0.1) is 0 Å². The molecule has 4 rings (SSSR count). The summed E-state index contributed by atoms with van der Waals surface area (Å²) in [5.41, 5.74) is 1.52. The number of ether oxygens (including phenoxy) is 1. The zero-order chi connectivity index (χ0) is 19.7. The van der Waals surface area contributed by atoms with E-state index in [1.165, 1.54) is 22.6 Å². The Kier molecular flexibility index (Phi) is 5.05. The second-order valence-corrected chi connectivity index (χ2v) is 8.71. The number of pyridine rings is 1. The van der Waals surface area contributed by atoms with Crippen LogP contribution in [-0.2, 0) is 32.5 Å². The van der Waals surface area contributed by atoms with Crippen molar-refractivity contribution in [2.45, 2.75) is 17.9 Å². The Hall–Kier alpha value is -2.49. The molecule has 28 heavy (non-hydrogen) atoms. The van der Waals surface area contributed by atoms with E-state index in [1.54, 1.807) is 4.90 Å². The molecule has 0 radical (unpaired) electrons. The molecule has 3 heterocycles. The van der Waals surface area contributed by atoms with Gasteiger partial charge in [0, 0.05) is 37.6 Å². The van der Waals surface area contributed by atoms with Crippen LogP contribution in [0.1, 0.15) is 5.56 Å². The summed E-state index contributed by atoms with van der Waals surface area (Å²) in [6.45, 7) is 1.56. The molecular weight excluding hydrogens is 382 g/mol. The topological polar surface area (TPSA) is 88.9 Å². The number of carbonyl (C=O) groups excluding carboxylic acids is 1. The lowest BCUT2D eigenvalue weighted by Gasteiger charge is -2.26. The maximum absolute atomic E-state index is 12.8. The Morgan fingerprint density at radius 2 is 1.79 bits per heavy atom. The van der Waals surface area contributed by atoms with Crippen LogP contribution >= 0.6 is 0 Å². The van der Waals surface area contributed by atoms with Gasteiger partial charge in [0.25, 0.3) is 5.56 Å². The van der Waals surface area contributed by atoms with Crippen LogP contribution in [-0.4, -0.2) is 56.0 Å². The van der Waals surface area contributed by atoms with E-state index in [0.29, 0.717) is 19.8 Å². The van der Waals surface area contributed by atoms with Crippen LogP contribution in [0, 0.1) is 0 Å². The van der Waals surface area contributed by atoms with E-state index in [9.17, 15) is 18.0 Å². The normalized spacial score (nSPS) is 17.5. The van der Waals surface area contributed by atoms with Crippen molar-refractivity contribution in [3.05, 3.63) is 58.5 Å². The number of hydrogen-bond donors (Lipinski definition) is 0. The molecule has 148 valence electrons. The van der Waals surface area contributed by atoms with E-state index in [1.807, 2.05) is 24.3 Å². The van der Waals surface area contributed by atoms with Gasteiger partial charge in [0.2, 0.25) is 15.9 Å². The maximum Gasteiger partial charge on any atom is 0.251 e. The van der Waals surface area contributed by atoms with E-state index < -0.39 is 15.6 Å². The minimum atomic E-state index is -3.74. The molecule has 9 heteroatoms. The van der Waals surface area contributed by atoms with Gasteiger partial charge in [-0.2, -0.15) is 4.31 Å². The van der Waals surface area contributed by atoms with Gasteiger partial charge >= 0.3 is 0 Å². The molecule has 1 aromatic carbocycles. The molecule has 0 bridgehead atoms. The monoisotopic (exact) mass is 403 g/mol. The summed E-state index contributed by atoms with van der Waals surface area (Å²) in [4.78, 5) is 26.7. The minimum absolute atomic E-state index is 0.00335. The summed E-state index contributed by atoms with van der Waals surface area (Å²) in [6, 6.07) is 10.1. The average molecular weight is 403 g/mol. The van der Waals surface area contributed by atoms with Gasteiger partial charge in [-0.25, -0.2) is 8.42 Å². The van der Waals surface area contributed by atoms with Gasteiger partial charge < -0.3 is 14.2 Å². The fraction of sp³-hybridized carbons (Fsp3) is 0.368. The number of morpholine rings is 1. The minimum Gasteiger partial charge on any atom is -0.379 e. The third-order valence-electron chi connectivity index (χ3n) is 5.06. The van der Waals surface area contributed by atoms with Crippen molar-refractivity contribution in [3.8, 4) is 0 Å². The smallest absolute Gasteiger partial charge is 0.251 e. The van der Waals surface area contributed by atoms with Crippen molar-refractivity contribution < 1.29 is 17.9 Å². The van der Waals surface area contributed by atoms with Crippen LogP contribution in [0.4, 0.5) is 5.69 Å². The highest BCUT2D eigenvalue weighted by molar-refractivity contribution is 7.89. The number of nitrogens with zero attached hydrogens (tertiary/aromatic N) is 3. The summed E-state index contributed by atoms with van der Waals surface area (Å²) in [5.74, 6) is -0.243. The molecule has 8 nitrogen and oxygen atoms in total. The standard InChI is InChI=1S/C19H21N3O5S/c23-18-6-5-16(28(25,26)21-9-11-27-12-10-21)13-20(18)14-19(24)22-8-7-15-3-1-2-4-17(15)22/h1-6,13H,7-12,14H2. The highest BCUT2D eigenvalue weighted by Gasteiger charge is 2.28. The molecule has 0 atom stereocenters. The van der Waals surface area contributed by atoms with Crippen molar-refractivity contribution in [2.24, 2.45) is 0 Å². The predicted octanol–water partition coefficient (Wildman–Crippen LogP) is 0.459. The van der Waals surface area contributed by atoms with Crippen LogP contribution in [0.5, 0.6) is 0 Å². The Morgan fingerprint density at radius 3 is 2.57 bits per heavy atom. The third kappa shape index (κ3) is 3.48. The first-order chi connectivity index (χ1) is 13.5. The van der Waals surface area contributed by atoms with Crippen LogP contribution in [0.25, 0.3) is 0 Å². The number of amides is 1. The molecule has 1 amide bonds. The predicted molar refractivity (Wildman–Crippen MR) is 103 cm³/mol. The molecule has 2 aromatic rings. The van der Waals surface area contributed by atoms with Crippen LogP contribution in [0.2, 0.25) is 0 Å². The molecule has 1 aromatic heterocycles. The van der Waals surface area contributed by atoms with Crippen molar-refractivity contribution >= 4 is 21.6 Å². The molecule has 1 saturated heterocycles. The number of anilines is 1. The average Bonchev–Trinajstić information content (AvgIpc) is 3.14. The fourth-order valence-electron chi connectivity index (χ4n) is 3.55. The van der Waals surface area contributed by atoms with Crippen LogP contribution in [0.15, 0.2) is 52.3 Å². The molecule has 0 saturated carbocycles. The lowest BCUT2D eigenvalue weighted by Crippen LogP contribution is -2.41. The molecule has 0 aliphatic carbocycles. The van der Waals surface area contributed by atoms with Crippen molar-refractivity contribution in [2.75, 3.05) is 37.7 Å². The summed E-state index contributed by atoms with van der Waals surface area (Å²) in [5, 5.41) is 0. The van der Waals surface area contributed by atoms with Gasteiger partial charge in [0.05, 0.1) is 18.1 Å². The van der Waals surface area contributed by atoms with Gasteiger partial charge in [0.1, 0.15) is 6.54 Å². The number of benzene rings is 1. The fourth-order valence-corrected chi connectivity index (χ4v) is 4.98. The van der Waals surface area contributed by atoms with Crippen molar-refractivity contribution in [1.29, 1.82) is 0 Å². The molecular formula is C19H21N3O5S. The lowest BCUT2D eigenvalue weighted by atomic mass is 10.2. The number of carbonyl (C=O) groups is 1. The number of fused-ring (bicyclic) bond motifs is 1. The molecule has 1 fully saturated rings. The SMILES string of the molecule is O=C(Cn1cc(S(=O)(=O)N2CCOCC2)ccc1=O)N1CCc2ccccc21. The molecule has 2 aliphatic heterocycles. The van der Waals surface area contributed by atoms with Gasteiger partial charge in [0.15, 0.2) is 0 Å². The zero-order valence-corrected chi connectivity index (χ0v) is 16.1. The molecule has 0 N–H and O–H groups in total. The number of rotatable bonds is 4. The highest BCUT2D eigenvalue weighted by Crippen LogP contribution is 2.27. The Bertz CT molecular complexity index is 1060. The number of hydrogen-bond acceptors (Lipinski definition) is 5. The number of aromatic nitrogens is 1. The Morgan fingerprint density at radius 1 is 1.04 bits per heavy atom. The highest BCUT2D eigenvalue weighted by atomic mass is 32.2. The second kappa shape index (κ2) is 7.50. The third-order valence-corrected chi connectivity index (χ3v) is 6.94. The quantitative estimate of drug-likeness (QED) is 0.740. The van der Waals surface area contributed by atoms with Gasteiger partial charge in [-0.1, -0.05) is 18.2 Å². The largest absolute Gasteiger partial charge is 0.379 e. The van der Waals surface area contributed by atoms with E-state index in [4.69, 9.17) is 4.74 Å². The Labute approximate surface area is 163 Å². The molecule has 0 unspecified atom stereocenters. The first-order valence-electron chi connectivity index (χ1n) is 9.13. The van der Waals surface area contributed by atoms with E-state index in [-0.39, 0.29) is 30.4 Å². The number of sulfonamides is 1. The van der Waals surface area contributed by atoms with E-state index >= 15 is 0 Å². The molecule has 2 aliphatic rings. The van der Waals surface area contributed by atoms with E-state index in [2.05, 4.69) is 0 Å². The first kappa shape index (κ1) is 18.9. The van der Waals surface area contributed by atoms with Crippen LogP contribution in [0.3, 0.4) is 0 Å². The van der Waals surface area contributed by atoms with E-state index in [0.717, 1.165) is 22.2 Å². The zero-order valence-electron chi connectivity index (χ0n) is 15.3. The van der Waals surface area contributed by atoms with Gasteiger partial charge in [-0.3, -0.25) is 9.59 Å². The van der Waals surface area contributed by atoms with Gasteiger partial charge in [-0.05, 0) is 24.1 Å². The molecule has 0 spiro atoms. The van der Waals surface area contributed by atoms with Crippen molar-refractivity contribution in [3.63, 3.8) is 0 Å². The Balaban J connectivity index is 1.58. The summed E-state index contributed by atoms with van der Waals surface area (Å²) < 4.78 is 33.3. The van der Waals surface area contributed by atoms with Crippen molar-refractivity contribution in [1.82, 2.24) is 8.87 Å². The summed E-state index contributed by atoms with van der Waals surface area (Å²) >= 11 is 0.